The number of amides is 1. The molecule has 1 aromatic heterocycles. The monoisotopic (exact) mass is 304 g/mol. The van der Waals surface area contributed by atoms with E-state index in [9.17, 15) is 9.90 Å². The molecule has 2 aromatic rings. The van der Waals surface area contributed by atoms with Gasteiger partial charge in [-0.25, -0.2) is 0 Å². The van der Waals surface area contributed by atoms with Crippen molar-refractivity contribution in [3.63, 3.8) is 0 Å². The first-order chi connectivity index (χ1) is 10.6. The SMILES string of the molecule is CCN(C(=O)c1ccc(OC)cc1-n1nccn1)C(C)CO. The van der Waals surface area contributed by atoms with Gasteiger partial charge >= 0.3 is 0 Å². The molecular weight excluding hydrogens is 284 g/mol. The molecule has 7 nitrogen and oxygen atoms in total. The molecule has 7 heteroatoms. The number of hydrogen-bond acceptors (Lipinski definition) is 5. The highest BCUT2D eigenvalue weighted by Crippen LogP contribution is 2.22. The largest absolute Gasteiger partial charge is 0.497 e. The van der Waals surface area contributed by atoms with Gasteiger partial charge in [-0.1, -0.05) is 0 Å². The van der Waals surface area contributed by atoms with Gasteiger partial charge in [-0.15, -0.1) is 0 Å². The quantitative estimate of drug-likeness (QED) is 0.865. The standard InChI is InChI=1S/C15H20N4O3/c1-4-18(11(2)10-20)15(21)13-6-5-12(22-3)9-14(13)19-16-7-8-17-19/h5-9,11,20H,4,10H2,1-3H3. The number of nitrogens with zero attached hydrogens (tertiary/aromatic N) is 4. The Hall–Kier alpha value is -2.41. The second kappa shape index (κ2) is 7.04. The second-order valence-electron chi connectivity index (χ2n) is 4.82. The Morgan fingerprint density at radius 2 is 2.09 bits per heavy atom. The number of aromatic nitrogens is 3. The van der Waals surface area contributed by atoms with Crippen LogP contribution in [0, 0.1) is 0 Å². The summed E-state index contributed by atoms with van der Waals surface area (Å²) >= 11 is 0. The Kier molecular flexibility index (Phi) is 5.11. The molecule has 1 amide bonds. The van der Waals surface area contributed by atoms with Crippen LogP contribution in [-0.2, 0) is 0 Å². The van der Waals surface area contributed by atoms with Crippen LogP contribution in [0.2, 0.25) is 0 Å². The molecule has 0 aliphatic rings. The number of likely N-dealkylation sites (N-methyl/N-ethyl adjacent to an activating group) is 1. The molecule has 0 saturated heterocycles. The predicted octanol–water partition coefficient (Wildman–Crippen LogP) is 1.12. The van der Waals surface area contributed by atoms with Crippen molar-refractivity contribution in [2.75, 3.05) is 20.3 Å². The molecule has 1 heterocycles. The molecule has 1 aromatic carbocycles. The van der Waals surface area contributed by atoms with Gasteiger partial charge in [0.1, 0.15) is 11.4 Å². The van der Waals surface area contributed by atoms with Gasteiger partial charge in [-0.05, 0) is 26.0 Å². The van der Waals surface area contributed by atoms with Gasteiger partial charge in [-0.3, -0.25) is 4.79 Å². The van der Waals surface area contributed by atoms with Gasteiger partial charge in [0.15, 0.2) is 0 Å². The summed E-state index contributed by atoms with van der Waals surface area (Å²) in [7, 11) is 1.56. The normalized spacial score (nSPS) is 12.0. The van der Waals surface area contributed by atoms with Gasteiger partial charge < -0.3 is 14.7 Å². The Morgan fingerprint density at radius 3 is 2.64 bits per heavy atom. The Bertz CT molecular complexity index is 628. The Labute approximate surface area is 129 Å². The van der Waals surface area contributed by atoms with E-state index in [4.69, 9.17) is 4.74 Å². The summed E-state index contributed by atoms with van der Waals surface area (Å²) in [6, 6.07) is 4.85. The number of aliphatic hydroxyl groups is 1. The minimum Gasteiger partial charge on any atom is -0.497 e. The highest BCUT2D eigenvalue weighted by atomic mass is 16.5. The van der Waals surface area contributed by atoms with Crippen LogP contribution in [0.1, 0.15) is 24.2 Å². The summed E-state index contributed by atoms with van der Waals surface area (Å²) < 4.78 is 5.21. The number of aliphatic hydroxyl groups excluding tert-OH is 1. The van der Waals surface area contributed by atoms with Crippen molar-refractivity contribution in [2.24, 2.45) is 0 Å². The molecule has 0 fully saturated rings. The van der Waals surface area contributed by atoms with Crippen LogP contribution < -0.4 is 4.74 Å². The van der Waals surface area contributed by atoms with E-state index in [0.29, 0.717) is 23.5 Å². The van der Waals surface area contributed by atoms with Gasteiger partial charge in [-0.2, -0.15) is 15.0 Å². The summed E-state index contributed by atoms with van der Waals surface area (Å²) in [4.78, 5) is 15.8. The van der Waals surface area contributed by atoms with Crippen molar-refractivity contribution in [3.8, 4) is 11.4 Å². The molecule has 0 aliphatic heterocycles. The van der Waals surface area contributed by atoms with Crippen LogP contribution in [-0.4, -0.2) is 57.2 Å². The molecule has 0 bridgehead atoms. The Balaban J connectivity index is 2.48. The number of hydrogen-bond donors (Lipinski definition) is 1. The molecule has 2 rings (SSSR count). The molecular formula is C15H20N4O3. The zero-order valence-electron chi connectivity index (χ0n) is 12.9. The van der Waals surface area contributed by atoms with Crippen LogP contribution in [0.15, 0.2) is 30.6 Å². The Morgan fingerprint density at radius 1 is 1.41 bits per heavy atom. The van der Waals surface area contributed by atoms with Crippen molar-refractivity contribution >= 4 is 5.91 Å². The first kappa shape index (κ1) is 16.0. The lowest BCUT2D eigenvalue weighted by atomic mass is 10.1. The summed E-state index contributed by atoms with van der Waals surface area (Å²) in [6.45, 7) is 4.08. The van der Waals surface area contributed by atoms with Crippen molar-refractivity contribution in [3.05, 3.63) is 36.2 Å². The molecule has 118 valence electrons. The molecule has 1 unspecified atom stereocenters. The average Bonchev–Trinajstić information content (AvgIpc) is 3.08. The topological polar surface area (TPSA) is 80.5 Å². The maximum atomic E-state index is 12.8. The summed E-state index contributed by atoms with van der Waals surface area (Å²) in [6.07, 6.45) is 3.09. The van der Waals surface area contributed by atoms with E-state index in [1.165, 1.54) is 4.80 Å². The average molecular weight is 304 g/mol. The summed E-state index contributed by atoms with van der Waals surface area (Å²) in [5.74, 6) is 0.432. The van der Waals surface area contributed by atoms with Crippen molar-refractivity contribution in [1.82, 2.24) is 19.9 Å². The fourth-order valence-electron chi connectivity index (χ4n) is 2.23. The van der Waals surface area contributed by atoms with Crippen molar-refractivity contribution < 1.29 is 14.6 Å². The zero-order chi connectivity index (χ0) is 16.1. The van der Waals surface area contributed by atoms with Crippen LogP contribution in [0.25, 0.3) is 5.69 Å². The minimum absolute atomic E-state index is 0.0922. The third-order valence-electron chi connectivity index (χ3n) is 3.47. The summed E-state index contributed by atoms with van der Waals surface area (Å²) in [5, 5.41) is 17.5. The maximum absolute atomic E-state index is 12.8. The molecule has 0 spiro atoms. The molecule has 0 aliphatic carbocycles. The van der Waals surface area contributed by atoms with E-state index >= 15 is 0 Å². The number of ether oxygens (including phenoxy) is 1. The lowest BCUT2D eigenvalue weighted by Crippen LogP contribution is -2.40. The van der Waals surface area contributed by atoms with Crippen LogP contribution >= 0.6 is 0 Å². The number of rotatable bonds is 6. The lowest BCUT2D eigenvalue weighted by Gasteiger charge is -2.27. The molecule has 1 atom stereocenters. The van der Waals surface area contributed by atoms with Crippen LogP contribution in [0.4, 0.5) is 0 Å². The molecule has 0 radical (unpaired) electrons. The molecule has 1 N–H and O–H groups in total. The smallest absolute Gasteiger partial charge is 0.256 e. The predicted molar refractivity (Wildman–Crippen MR) is 81.2 cm³/mol. The van der Waals surface area contributed by atoms with Gasteiger partial charge in [0, 0.05) is 12.6 Å². The number of carbonyl (C=O) groups is 1. The van der Waals surface area contributed by atoms with Gasteiger partial charge in [0.25, 0.3) is 5.91 Å². The highest BCUT2D eigenvalue weighted by Gasteiger charge is 2.23. The van der Waals surface area contributed by atoms with Crippen LogP contribution in [0.5, 0.6) is 5.75 Å². The fourth-order valence-corrected chi connectivity index (χ4v) is 2.23. The van der Waals surface area contributed by atoms with E-state index in [0.717, 1.165) is 0 Å². The number of methoxy groups -OCH3 is 1. The van der Waals surface area contributed by atoms with E-state index in [-0.39, 0.29) is 18.6 Å². The third-order valence-corrected chi connectivity index (χ3v) is 3.47. The van der Waals surface area contributed by atoms with E-state index in [1.54, 1.807) is 49.5 Å². The van der Waals surface area contributed by atoms with Gasteiger partial charge in [0.2, 0.25) is 0 Å². The van der Waals surface area contributed by atoms with Crippen molar-refractivity contribution in [1.29, 1.82) is 0 Å². The van der Waals surface area contributed by atoms with E-state index < -0.39 is 0 Å². The minimum atomic E-state index is -0.266. The lowest BCUT2D eigenvalue weighted by molar-refractivity contribution is 0.0632. The second-order valence-corrected chi connectivity index (χ2v) is 4.82. The van der Waals surface area contributed by atoms with Gasteiger partial charge in [0.05, 0.1) is 37.7 Å². The van der Waals surface area contributed by atoms with Crippen molar-refractivity contribution in [2.45, 2.75) is 19.9 Å². The number of carbonyl (C=O) groups excluding carboxylic acids is 1. The number of benzene rings is 1. The fraction of sp³-hybridized carbons (Fsp3) is 0.400. The zero-order valence-corrected chi connectivity index (χ0v) is 12.9. The van der Waals surface area contributed by atoms with Crippen LogP contribution in [0.3, 0.4) is 0 Å². The maximum Gasteiger partial charge on any atom is 0.256 e. The first-order valence-corrected chi connectivity index (χ1v) is 7.08. The molecule has 0 saturated carbocycles. The first-order valence-electron chi connectivity index (χ1n) is 7.08. The highest BCUT2D eigenvalue weighted by molar-refractivity contribution is 5.98. The van der Waals surface area contributed by atoms with E-state index in [1.807, 2.05) is 6.92 Å². The van der Waals surface area contributed by atoms with E-state index in [2.05, 4.69) is 10.2 Å². The molecule has 22 heavy (non-hydrogen) atoms. The summed E-state index contributed by atoms with van der Waals surface area (Å²) in [5.41, 5.74) is 0.997. The third kappa shape index (κ3) is 3.09.